The third-order valence-corrected chi connectivity index (χ3v) is 6.63. The second-order valence-corrected chi connectivity index (χ2v) is 9.50. The van der Waals surface area contributed by atoms with Crippen LogP contribution in [0.15, 0.2) is 23.4 Å². The Morgan fingerprint density at radius 2 is 1.91 bits per heavy atom. The first kappa shape index (κ1) is 17.2. The van der Waals surface area contributed by atoms with Crippen LogP contribution in [0.4, 0.5) is 5.69 Å². The molecule has 0 amide bonds. The molecule has 1 saturated heterocycles. The molecule has 0 aliphatic carbocycles. The zero-order chi connectivity index (χ0) is 16.4. The summed E-state index contributed by atoms with van der Waals surface area (Å²) in [4.78, 5) is 6.59. The second kappa shape index (κ2) is 6.54. The van der Waals surface area contributed by atoms with Crippen molar-refractivity contribution in [1.29, 1.82) is 0 Å². The highest BCUT2D eigenvalue weighted by Crippen LogP contribution is 2.24. The van der Waals surface area contributed by atoms with Gasteiger partial charge < -0.3 is 10.2 Å². The second-order valence-electron chi connectivity index (χ2n) is 6.85. The van der Waals surface area contributed by atoms with Crippen LogP contribution in [0, 0.1) is 0 Å². The molecule has 0 atom stereocenters. The Labute approximate surface area is 134 Å². The molecule has 0 unspecified atom stereocenters. The summed E-state index contributed by atoms with van der Waals surface area (Å²) in [5, 5.41) is 3.60. The first-order chi connectivity index (χ1) is 10.2. The molecule has 1 fully saturated rings. The molecule has 2 heterocycles. The van der Waals surface area contributed by atoms with Crippen LogP contribution in [0.5, 0.6) is 0 Å². The van der Waals surface area contributed by atoms with Gasteiger partial charge in [-0.15, -0.1) is 0 Å². The Morgan fingerprint density at radius 3 is 2.36 bits per heavy atom. The summed E-state index contributed by atoms with van der Waals surface area (Å²) >= 11 is 0. The number of hydrogen-bond acceptors (Lipinski definition) is 5. The van der Waals surface area contributed by atoms with Gasteiger partial charge in [-0.2, -0.15) is 0 Å². The van der Waals surface area contributed by atoms with Crippen LogP contribution < -0.4 is 5.32 Å². The van der Waals surface area contributed by atoms with Crippen molar-refractivity contribution in [3.05, 3.63) is 18.3 Å². The molecule has 6 heteroatoms. The molecule has 1 aromatic heterocycles. The summed E-state index contributed by atoms with van der Waals surface area (Å²) in [6.45, 7) is 10.6. The van der Waals surface area contributed by atoms with Crippen molar-refractivity contribution in [2.75, 3.05) is 25.0 Å². The summed E-state index contributed by atoms with van der Waals surface area (Å²) in [6.07, 6.45) is 3.84. The molecule has 1 N–H and O–H groups in total. The monoisotopic (exact) mass is 325 g/mol. The predicted molar refractivity (Wildman–Crippen MR) is 89.9 cm³/mol. The lowest BCUT2D eigenvalue weighted by atomic mass is 10.0. The van der Waals surface area contributed by atoms with Gasteiger partial charge in [0, 0.05) is 19.1 Å². The minimum Gasteiger partial charge on any atom is -0.381 e. The Morgan fingerprint density at radius 1 is 1.27 bits per heavy atom. The lowest BCUT2D eigenvalue weighted by molar-refractivity contribution is 0.229. The molecule has 1 aliphatic rings. The van der Waals surface area contributed by atoms with Gasteiger partial charge in [0.1, 0.15) is 0 Å². The van der Waals surface area contributed by atoms with Gasteiger partial charge in [0.15, 0.2) is 14.9 Å². The maximum Gasteiger partial charge on any atom is 0.200 e. The molecule has 0 radical (unpaired) electrons. The number of piperidine rings is 1. The summed E-state index contributed by atoms with van der Waals surface area (Å²) in [5.41, 5.74) is 0.891. The molecular formula is C16H27N3O2S. The highest BCUT2D eigenvalue weighted by molar-refractivity contribution is 7.92. The van der Waals surface area contributed by atoms with E-state index in [1.54, 1.807) is 33.0 Å². The number of sulfone groups is 1. The van der Waals surface area contributed by atoms with Crippen LogP contribution in [0.2, 0.25) is 0 Å². The number of nitrogens with zero attached hydrogens (tertiary/aromatic N) is 2. The van der Waals surface area contributed by atoms with Gasteiger partial charge in [-0.05, 0) is 52.3 Å². The average molecular weight is 325 g/mol. The van der Waals surface area contributed by atoms with Crippen molar-refractivity contribution in [2.24, 2.45) is 0 Å². The van der Waals surface area contributed by atoms with E-state index in [1.807, 2.05) is 6.07 Å². The average Bonchev–Trinajstić information content (AvgIpc) is 2.47. The van der Waals surface area contributed by atoms with Gasteiger partial charge in [-0.1, -0.05) is 6.92 Å². The zero-order valence-electron chi connectivity index (χ0n) is 14.0. The van der Waals surface area contributed by atoms with E-state index in [2.05, 4.69) is 22.1 Å². The summed E-state index contributed by atoms with van der Waals surface area (Å²) in [5.74, 6) is 0. The fourth-order valence-corrected chi connectivity index (χ4v) is 3.63. The SMILES string of the molecule is CCN1CCC(Nc2ccc(S(=O)(=O)C(C)(C)C)nc2)CC1. The molecule has 0 aromatic carbocycles. The number of pyridine rings is 1. The highest BCUT2D eigenvalue weighted by atomic mass is 32.2. The van der Waals surface area contributed by atoms with Crippen molar-refractivity contribution in [3.8, 4) is 0 Å². The fourth-order valence-electron chi connectivity index (χ4n) is 2.57. The van der Waals surface area contributed by atoms with E-state index in [-0.39, 0.29) is 5.03 Å². The van der Waals surface area contributed by atoms with E-state index in [1.165, 1.54) is 0 Å². The molecule has 0 saturated carbocycles. The van der Waals surface area contributed by atoms with Crippen molar-refractivity contribution in [2.45, 2.75) is 56.4 Å². The van der Waals surface area contributed by atoms with E-state index >= 15 is 0 Å². The number of aromatic nitrogens is 1. The minimum absolute atomic E-state index is 0.145. The van der Waals surface area contributed by atoms with Crippen LogP contribution in [0.1, 0.15) is 40.5 Å². The number of rotatable bonds is 4. The van der Waals surface area contributed by atoms with Gasteiger partial charge in [0.05, 0.1) is 16.6 Å². The van der Waals surface area contributed by atoms with Crippen LogP contribution >= 0.6 is 0 Å². The quantitative estimate of drug-likeness (QED) is 0.922. The van der Waals surface area contributed by atoms with Crippen molar-refractivity contribution in [1.82, 2.24) is 9.88 Å². The third kappa shape index (κ3) is 3.79. The van der Waals surface area contributed by atoms with Gasteiger partial charge in [-0.25, -0.2) is 13.4 Å². The van der Waals surface area contributed by atoms with Gasteiger partial charge >= 0.3 is 0 Å². The molecule has 5 nitrogen and oxygen atoms in total. The van der Waals surface area contributed by atoms with E-state index in [0.29, 0.717) is 6.04 Å². The Bertz CT molecular complexity index is 583. The lowest BCUT2D eigenvalue weighted by Gasteiger charge is -2.32. The van der Waals surface area contributed by atoms with E-state index in [9.17, 15) is 8.42 Å². The van der Waals surface area contributed by atoms with Gasteiger partial charge in [-0.3, -0.25) is 0 Å². The van der Waals surface area contributed by atoms with Crippen LogP contribution in [-0.4, -0.2) is 48.7 Å². The summed E-state index contributed by atoms with van der Waals surface area (Å²) < 4.78 is 23.8. The molecule has 2 rings (SSSR count). The molecule has 0 spiro atoms. The smallest absolute Gasteiger partial charge is 0.200 e. The molecule has 22 heavy (non-hydrogen) atoms. The minimum atomic E-state index is -3.38. The number of likely N-dealkylation sites (tertiary alicyclic amines) is 1. The van der Waals surface area contributed by atoms with E-state index < -0.39 is 14.6 Å². The maximum absolute atomic E-state index is 12.3. The van der Waals surface area contributed by atoms with Crippen LogP contribution in [0.3, 0.4) is 0 Å². The van der Waals surface area contributed by atoms with E-state index in [4.69, 9.17) is 0 Å². The number of anilines is 1. The lowest BCUT2D eigenvalue weighted by Crippen LogP contribution is -2.38. The summed E-state index contributed by atoms with van der Waals surface area (Å²) in [6, 6.07) is 3.86. The molecule has 124 valence electrons. The Hall–Kier alpha value is -1.14. The summed E-state index contributed by atoms with van der Waals surface area (Å²) in [7, 11) is -3.38. The first-order valence-corrected chi connectivity index (χ1v) is 9.42. The standard InChI is InChI=1S/C16H27N3O2S/c1-5-19-10-8-13(9-11-19)18-14-6-7-15(17-12-14)22(20,21)16(2,3)4/h6-7,12-13,18H,5,8-11H2,1-4H3. The Balaban J connectivity index is 2.01. The third-order valence-electron chi connectivity index (χ3n) is 4.22. The molecular weight excluding hydrogens is 298 g/mol. The molecule has 0 bridgehead atoms. The highest BCUT2D eigenvalue weighted by Gasteiger charge is 2.32. The fraction of sp³-hybridized carbons (Fsp3) is 0.688. The van der Waals surface area contributed by atoms with Crippen molar-refractivity contribution >= 4 is 15.5 Å². The largest absolute Gasteiger partial charge is 0.381 e. The zero-order valence-corrected chi connectivity index (χ0v) is 14.8. The number of hydrogen-bond donors (Lipinski definition) is 1. The van der Waals surface area contributed by atoms with Gasteiger partial charge in [0.2, 0.25) is 0 Å². The Kier molecular flexibility index (Phi) is 5.12. The topological polar surface area (TPSA) is 62.3 Å². The number of nitrogens with one attached hydrogen (secondary N) is 1. The van der Waals surface area contributed by atoms with Crippen LogP contribution in [-0.2, 0) is 9.84 Å². The predicted octanol–water partition coefficient (Wildman–Crippen LogP) is 2.55. The molecule has 1 aromatic rings. The van der Waals surface area contributed by atoms with Crippen LogP contribution in [0.25, 0.3) is 0 Å². The maximum atomic E-state index is 12.3. The van der Waals surface area contributed by atoms with Gasteiger partial charge in [0.25, 0.3) is 0 Å². The normalized spacial score (nSPS) is 18.4. The first-order valence-electron chi connectivity index (χ1n) is 7.93. The van der Waals surface area contributed by atoms with Crippen molar-refractivity contribution < 1.29 is 8.42 Å². The molecule has 1 aliphatic heterocycles. The van der Waals surface area contributed by atoms with Crippen molar-refractivity contribution in [3.63, 3.8) is 0 Å². The van der Waals surface area contributed by atoms with E-state index in [0.717, 1.165) is 38.2 Å².